The second-order valence-corrected chi connectivity index (χ2v) is 5.40. The normalized spacial score (nSPS) is 15.5. The summed E-state index contributed by atoms with van der Waals surface area (Å²) in [4.78, 5) is 10.3. The molecule has 3 N–H and O–H groups in total. The van der Waals surface area contributed by atoms with Gasteiger partial charge in [0.05, 0.1) is 12.2 Å². The lowest BCUT2D eigenvalue weighted by atomic mass is 10.1. The molecule has 0 saturated heterocycles. The van der Waals surface area contributed by atoms with Crippen LogP contribution in [0.2, 0.25) is 0 Å². The lowest BCUT2D eigenvalue weighted by molar-refractivity contribution is -0.137. The molecule has 0 rings (SSSR count). The first kappa shape index (κ1) is 22.1. The fraction of sp³-hybridized carbons (Fsp3) is 0.450. The van der Waals surface area contributed by atoms with E-state index in [0.29, 0.717) is 19.3 Å². The number of carbonyl (C=O) groups is 1. The Kier molecular flexibility index (Phi) is 14.7. The van der Waals surface area contributed by atoms with Crippen molar-refractivity contribution < 1.29 is 20.1 Å². The summed E-state index contributed by atoms with van der Waals surface area (Å²) < 4.78 is 0. The van der Waals surface area contributed by atoms with Crippen LogP contribution in [0.5, 0.6) is 0 Å². The minimum absolute atomic E-state index is 0.0860. The van der Waals surface area contributed by atoms with Gasteiger partial charge in [0.15, 0.2) is 0 Å². The number of carboxylic acid groups (broad SMARTS) is 1. The minimum Gasteiger partial charge on any atom is -0.481 e. The summed E-state index contributed by atoms with van der Waals surface area (Å²) in [5.74, 6) is -0.836. The van der Waals surface area contributed by atoms with Crippen LogP contribution in [-0.2, 0) is 4.79 Å². The van der Waals surface area contributed by atoms with Gasteiger partial charge < -0.3 is 15.3 Å². The third-order valence-electron chi connectivity index (χ3n) is 3.10. The number of rotatable bonds is 13. The topological polar surface area (TPSA) is 77.8 Å². The van der Waals surface area contributed by atoms with Crippen LogP contribution >= 0.6 is 0 Å². The highest BCUT2D eigenvalue weighted by Crippen LogP contribution is 2.02. The zero-order valence-corrected chi connectivity index (χ0v) is 14.4. The van der Waals surface area contributed by atoms with Crippen LogP contribution in [0.15, 0.2) is 60.8 Å². The average molecular weight is 334 g/mol. The summed E-state index contributed by atoms with van der Waals surface area (Å²) in [7, 11) is 0. The smallest absolute Gasteiger partial charge is 0.303 e. The van der Waals surface area contributed by atoms with E-state index in [-0.39, 0.29) is 6.42 Å². The maximum absolute atomic E-state index is 10.3. The molecule has 0 aliphatic heterocycles. The van der Waals surface area contributed by atoms with Crippen molar-refractivity contribution in [3.8, 4) is 0 Å². The lowest BCUT2D eigenvalue weighted by Crippen LogP contribution is -2.03. The standard InChI is InChI=1S/C20H30O4/c1-2-3-9-13-18(21)14-10-7-5-4-6-8-11-15-19(22)16-12-17-20(23)24/h3,5-11,14-15,18-19,21-22H,2,4,12-13,16-17H2,1H3,(H,23,24)/b7-5-,8-6-,9-3-,14-10+,15-11+/t18-,19?/m0/s1. The molecule has 134 valence electrons. The molecule has 0 bridgehead atoms. The Balaban J connectivity index is 3.81. The SMILES string of the molecule is CC/C=C\C[C@H](O)/C=C/C=C\C/C=C\C=C\C(O)CCCC(=O)O. The highest BCUT2D eigenvalue weighted by atomic mass is 16.4. The van der Waals surface area contributed by atoms with Gasteiger partial charge in [-0.2, -0.15) is 0 Å². The third-order valence-corrected chi connectivity index (χ3v) is 3.10. The van der Waals surface area contributed by atoms with Crippen LogP contribution in [0, 0.1) is 0 Å². The molecule has 0 aromatic carbocycles. The third kappa shape index (κ3) is 16.5. The fourth-order valence-corrected chi connectivity index (χ4v) is 1.82. The maximum atomic E-state index is 10.3. The van der Waals surface area contributed by atoms with E-state index in [1.165, 1.54) is 0 Å². The summed E-state index contributed by atoms with van der Waals surface area (Å²) >= 11 is 0. The van der Waals surface area contributed by atoms with E-state index < -0.39 is 18.2 Å². The Labute approximate surface area is 145 Å². The van der Waals surface area contributed by atoms with Gasteiger partial charge in [0.1, 0.15) is 0 Å². The van der Waals surface area contributed by atoms with E-state index in [1.54, 1.807) is 18.2 Å². The number of hydrogen-bond donors (Lipinski definition) is 3. The van der Waals surface area contributed by atoms with Gasteiger partial charge in [-0.05, 0) is 32.1 Å². The van der Waals surface area contributed by atoms with Crippen molar-refractivity contribution in [3.05, 3.63) is 60.8 Å². The highest BCUT2D eigenvalue weighted by Gasteiger charge is 2.01. The van der Waals surface area contributed by atoms with Gasteiger partial charge in [0.25, 0.3) is 0 Å². The molecule has 0 aromatic rings. The quantitative estimate of drug-likeness (QED) is 0.352. The maximum Gasteiger partial charge on any atom is 0.303 e. The molecule has 0 aromatic heterocycles. The first-order chi connectivity index (χ1) is 11.6. The summed E-state index contributed by atoms with van der Waals surface area (Å²) in [6.07, 6.45) is 21.0. The van der Waals surface area contributed by atoms with Crippen molar-refractivity contribution in [3.63, 3.8) is 0 Å². The van der Waals surface area contributed by atoms with Gasteiger partial charge in [-0.3, -0.25) is 4.79 Å². The molecule has 0 radical (unpaired) electrons. The van der Waals surface area contributed by atoms with Crippen molar-refractivity contribution in [1.29, 1.82) is 0 Å². The Bertz CT molecular complexity index is 458. The average Bonchev–Trinajstić information content (AvgIpc) is 2.53. The zero-order chi connectivity index (χ0) is 18.0. The van der Waals surface area contributed by atoms with Crippen molar-refractivity contribution in [2.75, 3.05) is 0 Å². The van der Waals surface area contributed by atoms with E-state index in [0.717, 1.165) is 12.8 Å². The number of allylic oxidation sites excluding steroid dienone is 7. The summed E-state index contributed by atoms with van der Waals surface area (Å²) in [6, 6.07) is 0. The molecule has 0 saturated carbocycles. The Hall–Kier alpha value is -1.91. The molecule has 0 heterocycles. The van der Waals surface area contributed by atoms with Crippen LogP contribution in [0.1, 0.15) is 45.4 Å². The van der Waals surface area contributed by atoms with Gasteiger partial charge >= 0.3 is 5.97 Å². The van der Waals surface area contributed by atoms with Gasteiger partial charge in [0, 0.05) is 6.42 Å². The van der Waals surface area contributed by atoms with Crippen molar-refractivity contribution >= 4 is 5.97 Å². The Morgan fingerprint density at radius 1 is 0.917 bits per heavy atom. The molecule has 4 heteroatoms. The monoisotopic (exact) mass is 334 g/mol. The van der Waals surface area contributed by atoms with Gasteiger partial charge in [-0.25, -0.2) is 0 Å². The van der Waals surface area contributed by atoms with Crippen molar-refractivity contribution in [2.45, 2.75) is 57.7 Å². The molecule has 0 spiro atoms. The van der Waals surface area contributed by atoms with Gasteiger partial charge in [-0.1, -0.05) is 67.7 Å². The predicted molar refractivity (Wildman–Crippen MR) is 98.7 cm³/mol. The Morgan fingerprint density at radius 3 is 2.12 bits per heavy atom. The first-order valence-electron chi connectivity index (χ1n) is 8.45. The number of aliphatic hydroxyl groups excluding tert-OH is 2. The van der Waals surface area contributed by atoms with E-state index >= 15 is 0 Å². The molecule has 1 unspecified atom stereocenters. The number of hydrogen-bond acceptors (Lipinski definition) is 3. The predicted octanol–water partition coefficient (Wildman–Crippen LogP) is 3.93. The summed E-state index contributed by atoms with van der Waals surface area (Å²) in [6.45, 7) is 2.06. The van der Waals surface area contributed by atoms with E-state index in [2.05, 4.69) is 6.92 Å². The summed E-state index contributed by atoms with van der Waals surface area (Å²) in [5, 5.41) is 27.7. The number of carboxylic acids is 1. The number of aliphatic carboxylic acids is 1. The minimum atomic E-state index is -0.836. The molecule has 2 atom stereocenters. The van der Waals surface area contributed by atoms with Crippen LogP contribution in [0.4, 0.5) is 0 Å². The molecule has 0 fully saturated rings. The van der Waals surface area contributed by atoms with Crippen LogP contribution in [0.25, 0.3) is 0 Å². The Morgan fingerprint density at radius 2 is 1.54 bits per heavy atom. The molecule has 0 aliphatic rings. The van der Waals surface area contributed by atoms with E-state index in [9.17, 15) is 15.0 Å². The number of aliphatic hydroxyl groups is 2. The molecule has 24 heavy (non-hydrogen) atoms. The fourth-order valence-electron chi connectivity index (χ4n) is 1.82. The van der Waals surface area contributed by atoms with Gasteiger partial charge in [0.2, 0.25) is 0 Å². The first-order valence-corrected chi connectivity index (χ1v) is 8.45. The van der Waals surface area contributed by atoms with Gasteiger partial charge in [-0.15, -0.1) is 0 Å². The summed E-state index contributed by atoms with van der Waals surface area (Å²) in [5.41, 5.74) is 0. The lowest BCUT2D eigenvalue weighted by Gasteiger charge is -2.02. The largest absolute Gasteiger partial charge is 0.481 e. The van der Waals surface area contributed by atoms with E-state index in [4.69, 9.17) is 5.11 Å². The van der Waals surface area contributed by atoms with Crippen LogP contribution in [0.3, 0.4) is 0 Å². The molecular formula is C20H30O4. The van der Waals surface area contributed by atoms with Crippen molar-refractivity contribution in [2.24, 2.45) is 0 Å². The second-order valence-electron chi connectivity index (χ2n) is 5.40. The second kappa shape index (κ2) is 16.0. The molecule has 0 amide bonds. The molecular weight excluding hydrogens is 304 g/mol. The highest BCUT2D eigenvalue weighted by molar-refractivity contribution is 5.66. The van der Waals surface area contributed by atoms with Crippen LogP contribution < -0.4 is 0 Å². The zero-order valence-electron chi connectivity index (χ0n) is 14.4. The van der Waals surface area contributed by atoms with E-state index in [1.807, 2.05) is 42.5 Å². The van der Waals surface area contributed by atoms with Crippen molar-refractivity contribution in [1.82, 2.24) is 0 Å². The molecule has 4 nitrogen and oxygen atoms in total. The molecule has 0 aliphatic carbocycles. The van der Waals surface area contributed by atoms with Crippen LogP contribution in [-0.4, -0.2) is 33.5 Å².